The van der Waals surface area contributed by atoms with Crippen LogP contribution in [0.1, 0.15) is 35.4 Å². The second-order valence-electron chi connectivity index (χ2n) is 9.41. The van der Waals surface area contributed by atoms with Gasteiger partial charge in [-0.25, -0.2) is 4.98 Å². The zero-order valence-electron chi connectivity index (χ0n) is 20.6. The van der Waals surface area contributed by atoms with Crippen molar-refractivity contribution in [3.8, 4) is 5.75 Å². The van der Waals surface area contributed by atoms with Gasteiger partial charge in [0.2, 0.25) is 0 Å². The maximum absolute atomic E-state index is 6.52. The molecule has 0 saturated carbocycles. The van der Waals surface area contributed by atoms with Gasteiger partial charge in [0.1, 0.15) is 12.4 Å². The van der Waals surface area contributed by atoms with Crippen LogP contribution in [0.2, 0.25) is 0 Å². The number of fused-ring (bicyclic) bond motifs is 1. The molecule has 35 heavy (non-hydrogen) atoms. The zero-order valence-corrected chi connectivity index (χ0v) is 20.6. The summed E-state index contributed by atoms with van der Waals surface area (Å²) in [5.74, 6) is 1.36. The average Bonchev–Trinajstić information content (AvgIpc) is 3.41. The predicted molar refractivity (Wildman–Crippen MR) is 137 cm³/mol. The summed E-state index contributed by atoms with van der Waals surface area (Å²) in [6.45, 7) is 6.72. The largest absolute Gasteiger partial charge is 0.490 e. The van der Waals surface area contributed by atoms with Gasteiger partial charge in [0.15, 0.2) is 0 Å². The fourth-order valence-electron chi connectivity index (χ4n) is 5.09. The Morgan fingerprint density at radius 2 is 2.03 bits per heavy atom. The molecular weight excluding hydrogens is 440 g/mol. The van der Waals surface area contributed by atoms with Crippen molar-refractivity contribution < 1.29 is 14.2 Å². The molecule has 1 saturated heterocycles. The average molecular weight is 477 g/mol. The number of aromatic nitrogens is 2. The monoisotopic (exact) mass is 476 g/mol. The Hall–Kier alpha value is -2.87. The summed E-state index contributed by atoms with van der Waals surface area (Å²) < 4.78 is 19.8. The van der Waals surface area contributed by atoms with Gasteiger partial charge in [-0.2, -0.15) is 0 Å². The van der Waals surface area contributed by atoms with Crippen LogP contribution in [0.4, 0.5) is 5.69 Å². The lowest BCUT2D eigenvalue weighted by Crippen LogP contribution is -2.41. The molecule has 0 unspecified atom stereocenters. The highest BCUT2D eigenvalue weighted by Gasteiger charge is 2.27. The van der Waals surface area contributed by atoms with E-state index in [-0.39, 0.29) is 6.10 Å². The van der Waals surface area contributed by atoms with Gasteiger partial charge in [0, 0.05) is 51.7 Å². The molecule has 0 bridgehead atoms. The molecule has 2 aliphatic heterocycles. The molecule has 0 radical (unpaired) electrons. The summed E-state index contributed by atoms with van der Waals surface area (Å²) in [5, 5.41) is 3.52. The van der Waals surface area contributed by atoms with Crippen molar-refractivity contribution in [2.24, 2.45) is 0 Å². The van der Waals surface area contributed by atoms with Crippen molar-refractivity contribution in [1.29, 1.82) is 0 Å². The van der Waals surface area contributed by atoms with Gasteiger partial charge < -0.3 is 29.0 Å². The number of anilines is 1. The number of benzene rings is 2. The van der Waals surface area contributed by atoms with E-state index >= 15 is 0 Å². The molecule has 186 valence electrons. The minimum atomic E-state index is 0.147. The van der Waals surface area contributed by atoms with Crippen LogP contribution in [0.5, 0.6) is 5.75 Å². The summed E-state index contributed by atoms with van der Waals surface area (Å²) in [7, 11) is 1.76. The van der Waals surface area contributed by atoms with Gasteiger partial charge in [0.05, 0.1) is 31.3 Å². The molecule has 2 aliphatic rings. The standard InChI is InChI=1S/C28H36N4O3/c1-33-15-2-12-32-14-16-34-27-8-5-23(17-26(27)32)20-35-28-18-29-10-9-25(28)24-6-3-22(4-7-24)19-31-13-11-30-21-31/h3-8,11,13,17,21,25,28-29H,2,9-10,12,14-16,18-20H2,1H3/t25-,28+/m1/s1. The quantitative estimate of drug-likeness (QED) is 0.449. The van der Waals surface area contributed by atoms with E-state index in [2.05, 4.69) is 62.2 Å². The number of piperidine rings is 1. The van der Waals surface area contributed by atoms with E-state index in [9.17, 15) is 0 Å². The van der Waals surface area contributed by atoms with Crippen LogP contribution < -0.4 is 15.0 Å². The first kappa shape index (κ1) is 23.9. The van der Waals surface area contributed by atoms with Gasteiger partial charge >= 0.3 is 0 Å². The maximum atomic E-state index is 6.52. The van der Waals surface area contributed by atoms with Gasteiger partial charge in [-0.1, -0.05) is 30.3 Å². The lowest BCUT2D eigenvalue weighted by atomic mass is 9.87. The number of nitrogens with one attached hydrogen (secondary N) is 1. The Labute approximate surface area is 208 Å². The van der Waals surface area contributed by atoms with E-state index < -0.39 is 0 Å². The number of hydrogen-bond donors (Lipinski definition) is 1. The molecule has 2 atom stereocenters. The zero-order chi connectivity index (χ0) is 23.9. The first-order valence-electron chi connectivity index (χ1n) is 12.7. The number of imidazole rings is 1. The molecular formula is C28H36N4O3. The molecule has 1 aromatic heterocycles. The number of hydrogen-bond acceptors (Lipinski definition) is 6. The van der Waals surface area contributed by atoms with Crippen molar-refractivity contribution in [3.05, 3.63) is 77.9 Å². The number of ether oxygens (including phenoxy) is 3. The minimum absolute atomic E-state index is 0.147. The Morgan fingerprint density at radius 3 is 2.86 bits per heavy atom. The third kappa shape index (κ3) is 6.04. The highest BCUT2D eigenvalue weighted by molar-refractivity contribution is 5.61. The SMILES string of the molecule is COCCCN1CCOc2ccc(CO[C@H]3CNCC[C@@H]3c3ccc(Cn4ccnc4)cc3)cc21. The number of rotatable bonds is 10. The maximum Gasteiger partial charge on any atom is 0.142 e. The van der Waals surface area contributed by atoms with Crippen LogP contribution in [0.15, 0.2) is 61.2 Å². The summed E-state index contributed by atoms with van der Waals surface area (Å²) >= 11 is 0. The second kappa shape index (κ2) is 11.7. The molecule has 2 aromatic carbocycles. The first-order valence-corrected chi connectivity index (χ1v) is 12.7. The topological polar surface area (TPSA) is 60.8 Å². The molecule has 0 spiro atoms. The summed E-state index contributed by atoms with van der Waals surface area (Å²) in [6.07, 6.45) is 7.91. The summed E-state index contributed by atoms with van der Waals surface area (Å²) in [5.41, 5.74) is 4.99. The van der Waals surface area contributed by atoms with Crippen LogP contribution >= 0.6 is 0 Å². The van der Waals surface area contributed by atoms with Crippen molar-refractivity contribution in [1.82, 2.24) is 14.9 Å². The van der Waals surface area contributed by atoms with Crippen LogP contribution in [-0.4, -0.2) is 62.2 Å². The van der Waals surface area contributed by atoms with Crippen LogP contribution in [-0.2, 0) is 22.6 Å². The van der Waals surface area contributed by atoms with Crippen molar-refractivity contribution in [2.45, 2.75) is 38.0 Å². The van der Waals surface area contributed by atoms with E-state index in [0.29, 0.717) is 12.5 Å². The Kier molecular flexibility index (Phi) is 7.98. The van der Waals surface area contributed by atoms with E-state index in [0.717, 1.165) is 64.5 Å². The second-order valence-corrected chi connectivity index (χ2v) is 9.41. The molecule has 7 heteroatoms. The molecule has 5 rings (SSSR count). The van der Waals surface area contributed by atoms with Gasteiger partial charge in [0.25, 0.3) is 0 Å². The van der Waals surface area contributed by atoms with Crippen LogP contribution in [0.3, 0.4) is 0 Å². The molecule has 0 amide bonds. The fraction of sp³-hybridized carbons (Fsp3) is 0.464. The number of methoxy groups -OCH3 is 1. The summed E-state index contributed by atoms with van der Waals surface area (Å²) in [6, 6.07) is 15.5. The van der Waals surface area contributed by atoms with E-state index in [1.807, 2.05) is 18.7 Å². The van der Waals surface area contributed by atoms with Crippen molar-refractivity contribution in [3.63, 3.8) is 0 Å². The first-order chi connectivity index (χ1) is 17.3. The summed E-state index contributed by atoms with van der Waals surface area (Å²) in [4.78, 5) is 6.53. The lowest BCUT2D eigenvalue weighted by Gasteiger charge is -2.33. The van der Waals surface area contributed by atoms with Crippen molar-refractivity contribution >= 4 is 5.69 Å². The van der Waals surface area contributed by atoms with Gasteiger partial charge in [-0.15, -0.1) is 0 Å². The van der Waals surface area contributed by atoms with Crippen molar-refractivity contribution in [2.75, 3.05) is 51.4 Å². The van der Waals surface area contributed by atoms with Gasteiger partial charge in [-0.3, -0.25) is 0 Å². The Balaban J connectivity index is 1.22. The van der Waals surface area contributed by atoms with Gasteiger partial charge in [-0.05, 0) is 48.2 Å². The predicted octanol–water partition coefficient (Wildman–Crippen LogP) is 3.83. The molecule has 3 heterocycles. The minimum Gasteiger partial charge on any atom is -0.490 e. The molecule has 0 aliphatic carbocycles. The van der Waals surface area contributed by atoms with E-state index in [1.54, 1.807) is 7.11 Å². The van der Waals surface area contributed by atoms with E-state index in [4.69, 9.17) is 14.2 Å². The third-order valence-electron chi connectivity index (χ3n) is 6.98. The third-order valence-corrected chi connectivity index (χ3v) is 6.98. The normalized spacial score (nSPS) is 19.9. The molecule has 7 nitrogen and oxygen atoms in total. The smallest absolute Gasteiger partial charge is 0.142 e. The molecule has 1 fully saturated rings. The van der Waals surface area contributed by atoms with E-state index in [1.165, 1.54) is 22.4 Å². The highest BCUT2D eigenvalue weighted by Crippen LogP contribution is 2.34. The highest BCUT2D eigenvalue weighted by atomic mass is 16.5. The van der Waals surface area contributed by atoms with Crippen LogP contribution in [0.25, 0.3) is 0 Å². The number of nitrogens with zero attached hydrogens (tertiary/aromatic N) is 3. The molecule has 1 N–H and O–H groups in total. The Bertz CT molecular complexity index is 1050. The van der Waals surface area contributed by atoms with Crippen LogP contribution in [0, 0.1) is 0 Å². The lowest BCUT2D eigenvalue weighted by molar-refractivity contribution is 0.0106. The fourth-order valence-corrected chi connectivity index (χ4v) is 5.09. The Morgan fingerprint density at radius 1 is 1.14 bits per heavy atom. The molecule has 3 aromatic rings.